The molecule has 0 aliphatic carbocycles. The van der Waals surface area contributed by atoms with Crippen LogP contribution in [-0.4, -0.2) is 13.1 Å². The van der Waals surface area contributed by atoms with Gasteiger partial charge in [-0.2, -0.15) is 5.90 Å². The van der Waals surface area contributed by atoms with Crippen molar-refractivity contribution in [3.8, 4) is 5.75 Å². The van der Waals surface area contributed by atoms with Crippen LogP contribution in [0.25, 0.3) is 0 Å². The van der Waals surface area contributed by atoms with Crippen LogP contribution in [0, 0.1) is 0 Å². The van der Waals surface area contributed by atoms with Gasteiger partial charge in [0, 0.05) is 0 Å². The zero-order valence-corrected chi connectivity index (χ0v) is 6.61. The van der Waals surface area contributed by atoms with Crippen LogP contribution in [0.5, 0.6) is 5.75 Å². The number of hydrogen-bond donors (Lipinski definition) is 1. The highest BCUT2D eigenvalue weighted by molar-refractivity contribution is 5.92. The first kappa shape index (κ1) is 8.55. The summed E-state index contributed by atoms with van der Waals surface area (Å²) in [5, 5.41) is 0. The van der Waals surface area contributed by atoms with Crippen LogP contribution in [0.2, 0.25) is 0 Å². The van der Waals surface area contributed by atoms with Crippen LogP contribution in [-0.2, 0) is 4.84 Å². The van der Waals surface area contributed by atoms with E-state index >= 15 is 0 Å². The normalized spacial score (nSPS) is 9.17. The molecule has 0 aliphatic rings. The quantitative estimate of drug-likeness (QED) is 0.659. The van der Waals surface area contributed by atoms with Crippen molar-refractivity contribution in [1.29, 1.82) is 0 Å². The zero-order chi connectivity index (χ0) is 8.97. The minimum absolute atomic E-state index is 0.322. The molecule has 0 fully saturated rings. The number of carbonyl (C=O) groups is 1. The zero-order valence-electron chi connectivity index (χ0n) is 6.61. The molecule has 0 amide bonds. The van der Waals surface area contributed by atoms with Crippen LogP contribution in [0.1, 0.15) is 10.4 Å². The number of ether oxygens (including phenoxy) is 1. The van der Waals surface area contributed by atoms with E-state index in [9.17, 15) is 4.79 Å². The fourth-order valence-electron chi connectivity index (χ4n) is 0.877. The van der Waals surface area contributed by atoms with Gasteiger partial charge in [0.1, 0.15) is 11.3 Å². The van der Waals surface area contributed by atoms with Gasteiger partial charge in [-0.1, -0.05) is 12.1 Å². The van der Waals surface area contributed by atoms with E-state index in [0.29, 0.717) is 11.3 Å². The molecule has 0 unspecified atom stereocenters. The number of methoxy groups -OCH3 is 1. The van der Waals surface area contributed by atoms with Gasteiger partial charge in [-0.05, 0) is 12.1 Å². The molecule has 4 nitrogen and oxygen atoms in total. The highest BCUT2D eigenvalue weighted by Gasteiger charge is 2.10. The Labute approximate surface area is 69.8 Å². The second kappa shape index (κ2) is 3.73. The molecule has 0 radical (unpaired) electrons. The van der Waals surface area contributed by atoms with Crippen LogP contribution in [0.15, 0.2) is 24.3 Å². The van der Waals surface area contributed by atoms with Gasteiger partial charge in [-0.3, -0.25) is 0 Å². The van der Waals surface area contributed by atoms with E-state index in [1.54, 1.807) is 24.3 Å². The fourth-order valence-corrected chi connectivity index (χ4v) is 0.877. The Morgan fingerprint density at radius 2 is 2.08 bits per heavy atom. The fraction of sp³-hybridized carbons (Fsp3) is 0.125. The predicted octanol–water partition coefficient (Wildman–Crippen LogP) is 0.726. The summed E-state index contributed by atoms with van der Waals surface area (Å²) in [5.74, 6) is 4.57. The minimum Gasteiger partial charge on any atom is -0.496 e. The van der Waals surface area contributed by atoms with Crippen molar-refractivity contribution in [2.45, 2.75) is 0 Å². The lowest BCUT2D eigenvalue weighted by molar-refractivity contribution is 0.0500. The Morgan fingerprint density at radius 3 is 2.67 bits per heavy atom. The Hall–Kier alpha value is -1.55. The summed E-state index contributed by atoms with van der Waals surface area (Å²) in [5.41, 5.74) is 0.322. The molecule has 0 bridgehead atoms. The second-order valence-corrected chi connectivity index (χ2v) is 2.11. The maximum absolute atomic E-state index is 11.0. The van der Waals surface area contributed by atoms with Crippen LogP contribution < -0.4 is 10.6 Å². The number of hydrogen-bond acceptors (Lipinski definition) is 4. The number of carbonyl (C=O) groups excluding carboxylic acids is 1. The second-order valence-electron chi connectivity index (χ2n) is 2.11. The first-order valence-corrected chi connectivity index (χ1v) is 3.33. The maximum atomic E-state index is 11.0. The average molecular weight is 167 g/mol. The molecular weight excluding hydrogens is 158 g/mol. The van der Waals surface area contributed by atoms with E-state index in [1.807, 2.05) is 0 Å². The lowest BCUT2D eigenvalue weighted by atomic mass is 10.2. The summed E-state index contributed by atoms with van der Waals surface area (Å²) in [6.45, 7) is 0. The van der Waals surface area contributed by atoms with Gasteiger partial charge in [-0.25, -0.2) is 4.79 Å². The van der Waals surface area contributed by atoms with Gasteiger partial charge in [0.2, 0.25) is 0 Å². The number of benzene rings is 1. The van der Waals surface area contributed by atoms with Gasteiger partial charge in [0.05, 0.1) is 7.11 Å². The summed E-state index contributed by atoms with van der Waals surface area (Å²) >= 11 is 0. The van der Waals surface area contributed by atoms with Gasteiger partial charge in [0.15, 0.2) is 0 Å². The van der Waals surface area contributed by atoms with Gasteiger partial charge in [-0.15, -0.1) is 0 Å². The largest absolute Gasteiger partial charge is 0.496 e. The SMILES string of the molecule is COc1ccccc1C(=O)ON. The van der Waals surface area contributed by atoms with E-state index in [0.717, 1.165) is 0 Å². The molecule has 64 valence electrons. The minimum atomic E-state index is -0.604. The van der Waals surface area contributed by atoms with Gasteiger partial charge >= 0.3 is 5.97 Å². The number of nitrogens with two attached hydrogens (primary N) is 1. The number of para-hydroxylation sites is 1. The highest BCUT2D eigenvalue weighted by Crippen LogP contribution is 2.17. The third kappa shape index (κ3) is 1.54. The molecular formula is C8H9NO3. The summed E-state index contributed by atoms with van der Waals surface area (Å²) in [6, 6.07) is 6.70. The van der Waals surface area contributed by atoms with Crippen molar-refractivity contribution >= 4 is 5.97 Å². The predicted molar refractivity (Wildman–Crippen MR) is 42.6 cm³/mol. The molecule has 0 aromatic heterocycles. The summed E-state index contributed by atoms with van der Waals surface area (Å²) in [6.07, 6.45) is 0. The van der Waals surface area contributed by atoms with Gasteiger partial charge in [0.25, 0.3) is 0 Å². The van der Waals surface area contributed by atoms with Crippen molar-refractivity contribution in [2.75, 3.05) is 7.11 Å². The molecule has 1 aromatic rings. The van der Waals surface area contributed by atoms with Crippen molar-refractivity contribution in [3.05, 3.63) is 29.8 Å². The highest BCUT2D eigenvalue weighted by atomic mass is 16.7. The third-order valence-electron chi connectivity index (χ3n) is 1.43. The monoisotopic (exact) mass is 167 g/mol. The van der Waals surface area contributed by atoms with Crippen molar-refractivity contribution in [2.24, 2.45) is 5.90 Å². The van der Waals surface area contributed by atoms with Gasteiger partial charge < -0.3 is 9.57 Å². The van der Waals surface area contributed by atoms with E-state index < -0.39 is 5.97 Å². The average Bonchev–Trinajstić information content (AvgIpc) is 2.16. The molecule has 4 heteroatoms. The van der Waals surface area contributed by atoms with Crippen LogP contribution >= 0.6 is 0 Å². The van der Waals surface area contributed by atoms with E-state index in [4.69, 9.17) is 10.6 Å². The molecule has 1 rings (SSSR count). The Kier molecular flexibility index (Phi) is 2.66. The lowest BCUT2D eigenvalue weighted by Crippen LogP contribution is -2.11. The third-order valence-corrected chi connectivity index (χ3v) is 1.43. The summed E-state index contributed by atoms with van der Waals surface area (Å²) < 4.78 is 4.91. The van der Waals surface area contributed by atoms with Crippen molar-refractivity contribution in [3.63, 3.8) is 0 Å². The molecule has 0 heterocycles. The molecule has 2 N–H and O–H groups in total. The molecule has 1 aromatic carbocycles. The Morgan fingerprint density at radius 1 is 1.42 bits per heavy atom. The maximum Gasteiger partial charge on any atom is 0.360 e. The summed E-state index contributed by atoms with van der Waals surface area (Å²) in [7, 11) is 1.47. The van der Waals surface area contributed by atoms with Crippen molar-refractivity contribution in [1.82, 2.24) is 0 Å². The first-order chi connectivity index (χ1) is 5.79. The first-order valence-electron chi connectivity index (χ1n) is 3.33. The van der Waals surface area contributed by atoms with Crippen LogP contribution in [0.3, 0.4) is 0 Å². The molecule has 0 saturated carbocycles. The molecule has 0 aliphatic heterocycles. The summed E-state index contributed by atoms with van der Waals surface area (Å²) in [4.78, 5) is 15.0. The van der Waals surface area contributed by atoms with Crippen molar-refractivity contribution < 1.29 is 14.4 Å². The number of rotatable bonds is 2. The van der Waals surface area contributed by atoms with E-state index in [-0.39, 0.29) is 0 Å². The van der Waals surface area contributed by atoms with Crippen LogP contribution in [0.4, 0.5) is 0 Å². The standard InChI is InChI=1S/C8H9NO3/c1-11-7-5-3-2-4-6(7)8(10)12-9/h2-5H,9H2,1H3. The molecule has 0 saturated heterocycles. The smallest absolute Gasteiger partial charge is 0.360 e. The van der Waals surface area contributed by atoms with E-state index in [1.165, 1.54) is 7.11 Å². The molecule has 0 spiro atoms. The molecule has 0 atom stereocenters. The molecule has 12 heavy (non-hydrogen) atoms. The topological polar surface area (TPSA) is 61.5 Å². The Balaban J connectivity index is 3.04. The van der Waals surface area contributed by atoms with E-state index in [2.05, 4.69) is 4.84 Å². The Bertz CT molecular complexity index is 285. The lowest BCUT2D eigenvalue weighted by Gasteiger charge is -2.04.